The van der Waals surface area contributed by atoms with Gasteiger partial charge in [0.25, 0.3) is 5.91 Å². The molecule has 0 fully saturated rings. The van der Waals surface area contributed by atoms with E-state index >= 15 is 0 Å². The molecular formula is C14H14FN3O. The summed E-state index contributed by atoms with van der Waals surface area (Å²) < 4.78 is 13.9. The van der Waals surface area contributed by atoms with Crippen LogP contribution in [0.2, 0.25) is 0 Å². The van der Waals surface area contributed by atoms with E-state index in [4.69, 9.17) is 11.5 Å². The van der Waals surface area contributed by atoms with Gasteiger partial charge in [-0.2, -0.15) is 0 Å². The maximum absolute atomic E-state index is 13.9. The zero-order valence-electron chi connectivity index (χ0n) is 10.4. The Morgan fingerprint density at radius 3 is 2.47 bits per heavy atom. The smallest absolute Gasteiger partial charge is 0.250 e. The van der Waals surface area contributed by atoms with Crippen molar-refractivity contribution in [3.63, 3.8) is 0 Å². The highest BCUT2D eigenvalue weighted by molar-refractivity contribution is 6.01. The van der Waals surface area contributed by atoms with E-state index in [1.807, 2.05) is 0 Å². The second-order valence-corrected chi connectivity index (χ2v) is 4.19. The summed E-state index contributed by atoms with van der Waals surface area (Å²) in [4.78, 5) is 11.2. The summed E-state index contributed by atoms with van der Waals surface area (Å²) >= 11 is 0. The predicted molar refractivity (Wildman–Crippen MR) is 73.8 cm³/mol. The van der Waals surface area contributed by atoms with Crippen molar-refractivity contribution in [2.75, 3.05) is 11.1 Å². The predicted octanol–water partition coefficient (Wildman–Crippen LogP) is 2.56. The summed E-state index contributed by atoms with van der Waals surface area (Å²) in [5.41, 5.74) is 12.7. The zero-order valence-corrected chi connectivity index (χ0v) is 10.4. The van der Waals surface area contributed by atoms with Gasteiger partial charge in [-0.1, -0.05) is 18.2 Å². The number of halogens is 1. The van der Waals surface area contributed by atoms with Gasteiger partial charge in [0, 0.05) is 0 Å². The van der Waals surface area contributed by atoms with Gasteiger partial charge in [0.15, 0.2) is 0 Å². The average molecular weight is 259 g/mol. The molecule has 2 aromatic rings. The SMILES string of the molecule is Cc1cccc(Nc2cccc(C(N)=O)c2N)c1F. The Balaban J connectivity index is 2.42. The molecule has 0 unspecified atom stereocenters. The highest BCUT2D eigenvalue weighted by Gasteiger charge is 2.11. The molecule has 0 radical (unpaired) electrons. The number of rotatable bonds is 3. The molecule has 0 saturated heterocycles. The van der Waals surface area contributed by atoms with Crippen molar-refractivity contribution in [3.05, 3.63) is 53.3 Å². The molecule has 2 aromatic carbocycles. The number of benzene rings is 2. The third-order valence-electron chi connectivity index (χ3n) is 2.83. The van der Waals surface area contributed by atoms with Crippen LogP contribution >= 0.6 is 0 Å². The molecule has 0 aliphatic carbocycles. The van der Waals surface area contributed by atoms with E-state index in [0.29, 0.717) is 16.9 Å². The summed E-state index contributed by atoms with van der Waals surface area (Å²) in [6, 6.07) is 9.81. The van der Waals surface area contributed by atoms with Crippen LogP contribution in [0.3, 0.4) is 0 Å². The van der Waals surface area contributed by atoms with Crippen molar-refractivity contribution in [1.82, 2.24) is 0 Å². The van der Waals surface area contributed by atoms with Crippen LogP contribution in [-0.2, 0) is 0 Å². The molecule has 0 saturated carbocycles. The van der Waals surface area contributed by atoms with Crippen LogP contribution in [0.1, 0.15) is 15.9 Å². The summed E-state index contributed by atoms with van der Waals surface area (Å²) in [7, 11) is 0. The normalized spacial score (nSPS) is 10.2. The molecule has 0 aliphatic rings. The Labute approximate surface area is 110 Å². The summed E-state index contributed by atoms with van der Waals surface area (Å²) in [6.45, 7) is 1.67. The van der Waals surface area contributed by atoms with Crippen molar-refractivity contribution in [2.24, 2.45) is 5.73 Å². The molecular weight excluding hydrogens is 245 g/mol. The Morgan fingerprint density at radius 2 is 1.79 bits per heavy atom. The molecule has 19 heavy (non-hydrogen) atoms. The molecule has 0 bridgehead atoms. The van der Waals surface area contributed by atoms with Crippen molar-refractivity contribution >= 4 is 23.0 Å². The lowest BCUT2D eigenvalue weighted by atomic mass is 10.1. The Bertz CT molecular complexity index is 641. The molecule has 0 aliphatic heterocycles. The molecule has 98 valence electrons. The number of nitrogen functional groups attached to an aromatic ring is 1. The van der Waals surface area contributed by atoms with E-state index in [1.54, 1.807) is 37.3 Å². The van der Waals surface area contributed by atoms with Crippen molar-refractivity contribution in [1.29, 1.82) is 0 Å². The number of hydrogen-bond donors (Lipinski definition) is 3. The van der Waals surface area contributed by atoms with Crippen LogP contribution in [0, 0.1) is 12.7 Å². The zero-order chi connectivity index (χ0) is 14.0. The summed E-state index contributed by atoms with van der Waals surface area (Å²) in [5.74, 6) is -0.975. The second-order valence-electron chi connectivity index (χ2n) is 4.19. The van der Waals surface area contributed by atoms with Crippen molar-refractivity contribution in [2.45, 2.75) is 6.92 Å². The molecule has 0 spiro atoms. The number of amides is 1. The van der Waals surface area contributed by atoms with Crippen LogP contribution in [0.25, 0.3) is 0 Å². The molecule has 0 heterocycles. The minimum Gasteiger partial charge on any atom is -0.396 e. The topological polar surface area (TPSA) is 81.1 Å². The minimum atomic E-state index is -0.620. The van der Waals surface area contributed by atoms with E-state index in [-0.39, 0.29) is 17.1 Å². The number of aryl methyl sites for hydroxylation is 1. The molecule has 0 aromatic heterocycles. The molecule has 5 heteroatoms. The Kier molecular flexibility index (Phi) is 3.37. The molecule has 0 atom stereocenters. The number of nitrogens with two attached hydrogens (primary N) is 2. The van der Waals surface area contributed by atoms with E-state index in [1.165, 1.54) is 6.07 Å². The quantitative estimate of drug-likeness (QED) is 0.741. The Hall–Kier alpha value is -2.56. The first-order valence-electron chi connectivity index (χ1n) is 5.71. The lowest BCUT2D eigenvalue weighted by molar-refractivity contribution is 0.100. The van der Waals surface area contributed by atoms with E-state index in [2.05, 4.69) is 5.32 Å². The van der Waals surface area contributed by atoms with Crippen molar-refractivity contribution < 1.29 is 9.18 Å². The fourth-order valence-electron chi connectivity index (χ4n) is 1.78. The number of primary amides is 1. The summed E-state index contributed by atoms with van der Waals surface area (Å²) in [5, 5.41) is 2.87. The highest BCUT2D eigenvalue weighted by Crippen LogP contribution is 2.28. The number of anilines is 3. The Morgan fingerprint density at radius 1 is 1.16 bits per heavy atom. The van der Waals surface area contributed by atoms with Crippen LogP contribution < -0.4 is 16.8 Å². The number of carbonyl (C=O) groups is 1. The van der Waals surface area contributed by atoms with Gasteiger partial charge in [-0.25, -0.2) is 4.39 Å². The average Bonchev–Trinajstić information content (AvgIpc) is 2.37. The van der Waals surface area contributed by atoms with Gasteiger partial charge in [0.1, 0.15) is 5.82 Å². The number of para-hydroxylation sites is 1. The second kappa shape index (κ2) is 4.97. The fourth-order valence-corrected chi connectivity index (χ4v) is 1.78. The van der Waals surface area contributed by atoms with Gasteiger partial charge in [0.05, 0.1) is 22.6 Å². The van der Waals surface area contributed by atoms with Crippen molar-refractivity contribution in [3.8, 4) is 0 Å². The molecule has 2 rings (SSSR count). The number of hydrogen-bond acceptors (Lipinski definition) is 3. The maximum atomic E-state index is 13.9. The van der Waals surface area contributed by atoms with E-state index < -0.39 is 5.91 Å². The molecule has 5 N–H and O–H groups in total. The largest absolute Gasteiger partial charge is 0.396 e. The summed E-state index contributed by atoms with van der Waals surface area (Å²) in [6.07, 6.45) is 0. The first kappa shape index (κ1) is 12.9. The third kappa shape index (κ3) is 2.49. The number of nitrogens with one attached hydrogen (secondary N) is 1. The monoisotopic (exact) mass is 259 g/mol. The lowest BCUT2D eigenvalue weighted by Gasteiger charge is -2.12. The maximum Gasteiger partial charge on any atom is 0.250 e. The van der Waals surface area contributed by atoms with Crippen LogP contribution in [0.15, 0.2) is 36.4 Å². The van der Waals surface area contributed by atoms with Gasteiger partial charge < -0.3 is 16.8 Å². The standard InChI is InChI=1S/C14H14FN3O/c1-8-4-2-6-10(12(8)15)18-11-7-3-5-9(13(11)16)14(17)19/h2-7,18H,16H2,1H3,(H2,17,19). The van der Waals surface area contributed by atoms with Gasteiger partial charge >= 0.3 is 0 Å². The van der Waals surface area contributed by atoms with Gasteiger partial charge in [0.2, 0.25) is 0 Å². The molecule has 1 amide bonds. The number of carbonyl (C=O) groups excluding carboxylic acids is 1. The van der Waals surface area contributed by atoms with Gasteiger partial charge in [-0.05, 0) is 30.7 Å². The minimum absolute atomic E-state index is 0.205. The fraction of sp³-hybridized carbons (Fsp3) is 0.0714. The van der Waals surface area contributed by atoms with E-state index in [0.717, 1.165) is 0 Å². The third-order valence-corrected chi connectivity index (χ3v) is 2.83. The highest BCUT2D eigenvalue weighted by atomic mass is 19.1. The van der Waals surface area contributed by atoms with Gasteiger partial charge in [-0.15, -0.1) is 0 Å². The van der Waals surface area contributed by atoms with Crippen LogP contribution in [0.4, 0.5) is 21.5 Å². The lowest BCUT2D eigenvalue weighted by Crippen LogP contribution is -2.14. The van der Waals surface area contributed by atoms with Crippen LogP contribution in [-0.4, -0.2) is 5.91 Å². The first-order valence-corrected chi connectivity index (χ1v) is 5.71. The van der Waals surface area contributed by atoms with E-state index in [9.17, 15) is 9.18 Å². The van der Waals surface area contributed by atoms with Gasteiger partial charge in [-0.3, -0.25) is 4.79 Å². The first-order chi connectivity index (χ1) is 9.00. The molecule has 4 nitrogen and oxygen atoms in total. The van der Waals surface area contributed by atoms with Crippen LogP contribution in [0.5, 0.6) is 0 Å².